The smallest absolute Gasteiger partial charge is 0.270 e. The van der Waals surface area contributed by atoms with E-state index < -0.39 is 6.10 Å². The van der Waals surface area contributed by atoms with E-state index in [1.165, 1.54) is 0 Å². The van der Waals surface area contributed by atoms with Gasteiger partial charge in [0, 0.05) is 11.3 Å². The number of H-pyrrole nitrogens is 1. The molecule has 2 aromatic carbocycles. The van der Waals surface area contributed by atoms with E-state index in [-0.39, 0.29) is 12.5 Å². The van der Waals surface area contributed by atoms with E-state index in [0.717, 1.165) is 11.3 Å². The number of hydrogen-bond donors (Lipinski definition) is 2. The molecule has 0 saturated heterocycles. The van der Waals surface area contributed by atoms with Crippen LogP contribution in [0.3, 0.4) is 0 Å². The van der Waals surface area contributed by atoms with Crippen molar-refractivity contribution in [2.24, 2.45) is 0 Å². The Morgan fingerprint density at radius 1 is 1.10 bits per heavy atom. The minimum Gasteiger partial charge on any atom is -0.493 e. The second-order valence-electron chi connectivity index (χ2n) is 6.84. The van der Waals surface area contributed by atoms with Crippen LogP contribution < -0.4 is 29.0 Å². The third-order valence-electron chi connectivity index (χ3n) is 4.94. The molecule has 0 spiro atoms. The molecular weight excluding hydrogens is 402 g/mol. The van der Waals surface area contributed by atoms with Gasteiger partial charge < -0.3 is 29.0 Å². The van der Waals surface area contributed by atoms with E-state index in [4.69, 9.17) is 23.7 Å². The first kappa shape index (κ1) is 20.4. The number of nitrogens with one attached hydrogen (secondary N) is 2. The summed E-state index contributed by atoms with van der Waals surface area (Å²) in [5.74, 6) is 2.60. The molecule has 9 nitrogen and oxygen atoms in total. The Bertz CT molecular complexity index is 1090. The zero-order valence-corrected chi connectivity index (χ0v) is 17.6. The lowest BCUT2D eigenvalue weighted by Gasteiger charge is -2.25. The minimum atomic E-state index is -0.806. The topological polar surface area (TPSA) is 104 Å². The number of aryl methyl sites for hydroxylation is 1. The van der Waals surface area contributed by atoms with Gasteiger partial charge in [0.15, 0.2) is 28.8 Å². The summed E-state index contributed by atoms with van der Waals surface area (Å²) in [6.45, 7) is 1.96. The van der Waals surface area contributed by atoms with Crippen LogP contribution in [0.5, 0.6) is 28.7 Å². The molecule has 0 saturated carbocycles. The number of para-hydroxylation sites is 2. The van der Waals surface area contributed by atoms with Gasteiger partial charge in [0.05, 0.1) is 21.3 Å². The van der Waals surface area contributed by atoms with Gasteiger partial charge in [-0.15, -0.1) is 0 Å². The van der Waals surface area contributed by atoms with Crippen LogP contribution in [0.1, 0.15) is 5.69 Å². The van der Waals surface area contributed by atoms with Crippen LogP contribution in [0.15, 0.2) is 36.4 Å². The average Bonchev–Trinajstić information content (AvgIpc) is 3.17. The highest BCUT2D eigenvalue weighted by atomic mass is 16.6. The predicted molar refractivity (Wildman–Crippen MR) is 113 cm³/mol. The molecule has 162 valence electrons. The molecule has 0 aliphatic carbocycles. The summed E-state index contributed by atoms with van der Waals surface area (Å²) in [5.41, 5.74) is 2.20. The van der Waals surface area contributed by atoms with Gasteiger partial charge >= 0.3 is 0 Å². The Kier molecular flexibility index (Phi) is 5.57. The Balaban J connectivity index is 1.63. The molecule has 0 unspecified atom stereocenters. The van der Waals surface area contributed by atoms with Crippen molar-refractivity contribution in [3.05, 3.63) is 42.1 Å². The minimum absolute atomic E-state index is 0.103. The quantitative estimate of drug-likeness (QED) is 0.625. The molecular formula is C22H23N3O6. The number of rotatable bonds is 6. The second kappa shape index (κ2) is 8.47. The molecule has 2 N–H and O–H groups in total. The van der Waals surface area contributed by atoms with Crippen molar-refractivity contribution in [1.82, 2.24) is 10.2 Å². The fourth-order valence-electron chi connectivity index (χ4n) is 3.44. The standard InChI is InChI=1S/C22H23N3O6/c1-12-19(13-9-16(27-2)20(29-4)17(10-13)28-3)21(25-24-12)23-22(26)18-11-30-14-7-5-6-8-15(14)31-18/h5-10,18H,11H2,1-4H3,(H2,23,24,25,26)/t18-/m0/s1. The van der Waals surface area contributed by atoms with Crippen LogP contribution >= 0.6 is 0 Å². The molecule has 4 rings (SSSR count). The first-order valence-corrected chi connectivity index (χ1v) is 9.60. The number of anilines is 1. The highest BCUT2D eigenvalue weighted by Crippen LogP contribution is 2.43. The molecule has 1 aromatic heterocycles. The van der Waals surface area contributed by atoms with Gasteiger partial charge in [0.25, 0.3) is 5.91 Å². The summed E-state index contributed by atoms with van der Waals surface area (Å²) >= 11 is 0. The molecule has 0 bridgehead atoms. The van der Waals surface area contributed by atoms with Crippen LogP contribution in [-0.4, -0.2) is 50.1 Å². The first-order chi connectivity index (χ1) is 15.0. The van der Waals surface area contributed by atoms with E-state index in [1.54, 1.807) is 45.6 Å². The largest absolute Gasteiger partial charge is 0.493 e. The summed E-state index contributed by atoms with van der Waals surface area (Å²) in [6.07, 6.45) is -0.806. The van der Waals surface area contributed by atoms with Crippen molar-refractivity contribution < 1.29 is 28.5 Å². The summed E-state index contributed by atoms with van der Waals surface area (Å²) in [6, 6.07) is 10.8. The van der Waals surface area contributed by atoms with E-state index >= 15 is 0 Å². The number of fused-ring (bicyclic) bond motifs is 1. The maximum absolute atomic E-state index is 12.9. The monoisotopic (exact) mass is 425 g/mol. The molecule has 1 atom stereocenters. The number of carbonyl (C=O) groups excluding carboxylic acids is 1. The third kappa shape index (κ3) is 3.81. The summed E-state index contributed by atoms with van der Waals surface area (Å²) in [5, 5.41) is 10.0. The molecule has 31 heavy (non-hydrogen) atoms. The zero-order chi connectivity index (χ0) is 22.0. The lowest BCUT2D eigenvalue weighted by atomic mass is 10.0. The fourth-order valence-corrected chi connectivity index (χ4v) is 3.44. The highest BCUT2D eigenvalue weighted by Gasteiger charge is 2.29. The number of benzene rings is 2. The van der Waals surface area contributed by atoms with Gasteiger partial charge in [-0.2, -0.15) is 5.10 Å². The maximum atomic E-state index is 12.9. The van der Waals surface area contributed by atoms with Crippen LogP contribution in [0.4, 0.5) is 5.82 Å². The second-order valence-corrected chi connectivity index (χ2v) is 6.84. The Morgan fingerprint density at radius 3 is 2.42 bits per heavy atom. The Morgan fingerprint density at radius 2 is 1.77 bits per heavy atom. The summed E-state index contributed by atoms with van der Waals surface area (Å²) in [7, 11) is 4.63. The molecule has 9 heteroatoms. The summed E-state index contributed by atoms with van der Waals surface area (Å²) in [4.78, 5) is 12.9. The van der Waals surface area contributed by atoms with Crippen molar-refractivity contribution in [3.8, 4) is 39.9 Å². The number of aromatic amines is 1. The SMILES string of the molecule is COc1cc(-c2c(NC(=O)[C@@H]3COc4ccccc4O3)n[nH]c2C)cc(OC)c1OC. The molecule has 3 aromatic rings. The number of methoxy groups -OCH3 is 3. The fraction of sp³-hybridized carbons (Fsp3) is 0.273. The number of aromatic nitrogens is 2. The molecule has 1 amide bonds. The maximum Gasteiger partial charge on any atom is 0.270 e. The number of carbonyl (C=O) groups is 1. The normalized spacial score (nSPS) is 14.6. The third-order valence-corrected chi connectivity index (χ3v) is 4.94. The molecule has 0 fully saturated rings. The van der Waals surface area contributed by atoms with Gasteiger partial charge in [0.1, 0.15) is 6.61 Å². The van der Waals surface area contributed by atoms with Crippen molar-refractivity contribution >= 4 is 11.7 Å². The van der Waals surface area contributed by atoms with E-state index in [2.05, 4.69) is 15.5 Å². The molecule has 0 radical (unpaired) electrons. The van der Waals surface area contributed by atoms with Crippen molar-refractivity contribution in [1.29, 1.82) is 0 Å². The molecule has 1 aliphatic heterocycles. The van der Waals surface area contributed by atoms with E-state index in [9.17, 15) is 4.79 Å². The van der Waals surface area contributed by atoms with Gasteiger partial charge in [-0.05, 0) is 36.8 Å². The van der Waals surface area contributed by atoms with Gasteiger partial charge in [-0.25, -0.2) is 0 Å². The number of ether oxygens (including phenoxy) is 5. The van der Waals surface area contributed by atoms with Crippen molar-refractivity contribution in [2.45, 2.75) is 13.0 Å². The van der Waals surface area contributed by atoms with Crippen LogP contribution in [-0.2, 0) is 4.79 Å². The molecule has 2 heterocycles. The van der Waals surface area contributed by atoms with Gasteiger partial charge in [0.2, 0.25) is 11.9 Å². The first-order valence-electron chi connectivity index (χ1n) is 9.60. The van der Waals surface area contributed by atoms with Crippen molar-refractivity contribution in [2.75, 3.05) is 33.3 Å². The highest BCUT2D eigenvalue weighted by molar-refractivity contribution is 5.98. The van der Waals surface area contributed by atoms with Gasteiger partial charge in [-0.3, -0.25) is 9.89 Å². The Hall–Kier alpha value is -3.88. The number of hydrogen-bond acceptors (Lipinski definition) is 7. The van der Waals surface area contributed by atoms with Crippen LogP contribution in [0, 0.1) is 6.92 Å². The number of nitrogens with zero attached hydrogens (tertiary/aromatic N) is 1. The van der Waals surface area contributed by atoms with Crippen LogP contribution in [0.2, 0.25) is 0 Å². The lowest BCUT2D eigenvalue weighted by molar-refractivity contribution is -0.125. The number of amides is 1. The van der Waals surface area contributed by atoms with Gasteiger partial charge in [-0.1, -0.05) is 12.1 Å². The van der Waals surface area contributed by atoms with Crippen LogP contribution in [0.25, 0.3) is 11.1 Å². The lowest BCUT2D eigenvalue weighted by Crippen LogP contribution is -2.40. The predicted octanol–water partition coefficient (Wildman–Crippen LogP) is 3.19. The molecule has 1 aliphatic rings. The van der Waals surface area contributed by atoms with E-state index in [1.807, 2.05) is 19.1 Å². The Labute approximate surface area is 179 Å². The average molecular weight is 425 g/mol. The van der Waals surface area contributed by atoms with E-state index in [0.29, 0.717) is 40.1 Å². The van der Waals surface area contributed by atoms with Crippen molar-refractivity contribution in [3.63, 3.8) is 0 Å². The summed E-state index contributed by atoms with van der Waals surface area (Å²) < 4.78 is 27.7. The zero-order valence-electron chi connectivity index (χ0n) is 17.6.